The van der Waals surface area contributed by atoms with E-state index >= 15 is 0 Å². The third-order valence-corrected chi connectivity index (χ3v) is 7.36. The molecule has 11 heteroatoms. The Morgan fingerprint density at radius 2 is 1.90 bits per heavy atom. The first kappa shape index (κ1) is 26.0. The molecular weight excluding hydrogens is 514 g/mol. The molecule has 2 atom stereocenters. The van der Waals surface area contributed by atoms with Crippen LogP contribution in [0.4, 0.5) is 11.8 Å². The molecule has 0 aliphatic carbocycles. The number of hydrogen-bond donors (Lipinski definition) is 1. The first-order valence-electron chi connectivity index (χ1n) is 13.4. The Hall–Kier alpha value is -5.21. The summed E-state index contributed by atoms with van der Waals surface area (Å²) in [7, 11) is 0. The molecule has 4 aromatic heterocycles. The van der Waals surface area contributed by atoms with Crippen molar-refractivity contribution in [2.45, 2.75) is 25.6 Å². The van der Waals surface area contributed by atoms with Gasteiger partial charge < -0.3 is 10.6 Å². The maximum Gasteiger partial charge on any atom is 0.236 e. The summed E-state index contributed by atoms with van der Waals surface area (Å²) < 4.78 is 2.18. The van der Waals surface area contributed by atoms with Crippen LogP contribution in [0.2, 0.25) is 0 Å². The molecule has 1 aliphatic rings. The van der Waals surface area contributed by atoms with Crippen molar-refractivity contribution in [2.75, 3.05) is 30.3 Å². The van der Waals surface area contributed by atoms with Crippen molar-refractivity contribution in [1.29, 1.82) is 5.26 Å². The van der Waals surface area contributed by atoms with E-state index in [1.165, 1.54) is 6.33 Å². The number of rotatable bonds is 7. The van der Waals surface area contributed by atoms with Crippen molar-refractivity contribution in [3.8, 4) is 28.7 Å². The predicted octanol–water partition coefficient (Wildman–Crippen LogP) is 4.08. The lowest BCUT2D eigenvalue weighted by Crippen LogP contribution is -2.54. The molecule has 1 unspecified atom stereocenters. The van der Waals surface area contributed by atoms with Gasteiger partial charge in [0.15, 0.2) is 5.65 Å². The summed E-state index contributed by atoms with van der Waals surface area (Å²) in [5.74, 6) is 1.74. The number of nitrogens with zero attached hydrogens (tertiary/aromatic N) is 10. The smallest absolute Gasteiger partial charge is 0.236 e. The summed E-state index contributed by atoms with van der Waals surface area (Å²) in [5.41, 5.74) is 10.6. The fourth-order valence-electron chi connectivity index (χ4n) is 5.42. The molecule has 1 aromatic carbocycles. The summed E-state index contributed by atoms with van der Waals surface area (Å²) >= 11 is 0. The minimum atomic E-state index is -0.136. The monoisotopic (exact) mass is 543 g/mol. The Morgan fingerprint density at radius 3 is 2.66 bits per heavy atom. The largest absolute Gasteiger partial charge is 0.383 e. The zero-order valence-electron chi connectivity index (χ0n) is 22.7. The second-order valence-electron chi connectivity index (χ2n) is 9.91. The Balaban J connectivity index is 1.44. The van der Waals surface area contributed by atoms with Crippen molar-refractivity contribution in [1.82, 2.24) is 39.4 Å². The van der Waals surface area contributed by atoms with E-state index in [2.05, 4.69) is 59.9 Å². The molecule has 2 N–H and O–H groups in total. The van der Waals surface area contributed by atoms with Gasteiger partial charge in [-0.3, -0.25) is 9.47 Å². The summed E-state index contributed by atoms with van der Waals surface area (Å²) in [4.78, 5) is 31.6. The molecule has 6 rings (SSSR count). The predicted molar refractivity (Wildman–Crippen MR) is 157 cm³/mol. The van der Waals surface area contributed by atoms with E-state index in [4.69, 9.17) is 15.7 Å². The summed E-state index contributed by atoms with van der Waals surface area (Å²) in [6.07, 6.45) is 5.52. The molecule has 5 aromatic rings. The molecule has 1 fully saturated rings. The van der Waals surface area contributed by atoms with Gasteiger partial charge in [-0.1, -0.05) is 36.4 Å². The van der Waals surface area contributed by atoms with Crippen molar-refractivity contribution in [2.24, 2.45) is 0 Å². The first-order chi connectivity index (χ1) is 20.1. The average Bonchev–Trinajstić information content (AvgIpc) is 3.38. The van der Waals surface area contributed by atoms with Crippen LogP contribution in [0.1, 0.15) is 25.3 Å². The second kappa shape index (κ2) is 11.1. The number of hydrogen-bond acceptors (Lipinski definition) is 10. The van der Waals surface area contributed by atoms with Crippen LogP contribution in [0.25, 0.3) is 33.8 Å². The maximum atomic E-state index is 9.26. The van der Waals surface area contributed by atoms with Crippen LogP contribution in [0.5, 0.6) is 0 Å². The van der Waals surface area contributed by atoms with Crippen LogP contribution in [0, 0.1) is 11.3 Å². The number of pyridine rings is 2. The van der Waals surface area contributed by atoms with Gasteiger partial charge in [-0.25, -0.2) is 24.9 Å². The number of aromatic nitrogens is 7. The number of nitrogens with two attached hydrogens (primary N) is 1. The summed E-state index contributed by atoms with van der Waals surface area (Å²) in [6.45, 7) is 8.32. The lowest BCUT2D eigenvalue weighted by molar-refractivity contribution is 0.119. The standard InChI is InChI=1S/C30H29N11/c1-3-8-26(39-15-16-40(20(2)18-39)30-35-19-34-25(17-31)38-30)41-28(22-11-7-14-33-27(22)32)37-24-13-12-23(36-29(24)41)21-9-5-4-6-10-21/h3-7,9-14,19-20,26H,1,8,15-16,18H2,2H3,(H2,32,33)/t20-,26?/m1/s1. The molecule has 1 saturated heterocycles. The summed E-state index contributed by atoms with van der Waals surface area (Å²) in [6, 6.07) is 20.0. The average molecular weight is 544 g/mol. The number of piperazine rings is 1. The molecule has 5 heterocycles. The van der Waals surface area contributed by atoms with E-state index in [1.54, 1.807) is 6.20 Å². The van der Waals surface area contributed by atoms with Gasteiger partial charge in [-0.05, 0) is 37.6 Å². The van der Waals surface area contributed by atoms with Crippen LogP contribution in [0.3, 0.4) is 0 Å². The normalized spacial score (nSPS) is 16.4. The SMILES string of the molecule is C=CCC(N1CCN(c2ncnc(C#N)n2)[C@H](C)C1)n1c(-c2cccnc2N)nc2ccc(-c3ccccc3)nc21. The number of fused-ring (bicyclic) bond motifs is 1. The third kappa shape index (κ3) is 4.97. The molecule has 1 aliphatic heterocycles. The summed E-state index contributed by atoms with van der Waals surface area (Å²) in [5, 5.41) is 9.26. The van der Waals surface area contributed by atoms with Gasteiger partial charge in [0.05, 0.1) is 17.4 Å². The molecule has 0 bridgehead atoms. The van der Waals surface area contributed by atoms with Gasteiger partial charge in [0.25, 0.3) is 0 Å². The van der Waals surface area contributed by atoms with Gasteiger partial charge in [0, 0.05) is 37.4 Å². The number of imidazole rings is 1. The van der Waals surface area contributed by atoms with E-state index in [9.17, 15) is 5.26 Å². The maximum absolute atomic E-state index is 9.26. The van der Waals surface area contributed by atoms with E-state index in [0.29, 0.717) is 37.1 Å². The van der Waals surface area contributed by atoms with Gasteiger partial charge in [-0.15, -0.1) is 6.58 Å². The topological polar surface area (TPSA) is 139 Å². The molecule has 41 heavy (non-hydrogen) atoms. The molecule has 0 spiro atoms. The van der Waals surface area contributed by atoms with E-state index in [1.807, 2.05) is 54.6 Å². The Labute approximate surface area is 237 Å². The van der Waals surface area contributed by atoms with E-state index < -0.39 is 0 Å². The number of anilines is 2. The van der Waals surface area contributed by atoms with E-state index in [-0.39, 0.29) is 18.0 Å². The highest BCUT2D eigenvalue weighted by molar-refractivity contribution is 5.82. The highest BCUT2D eigenvalue weighted by Crippen LogP contribution is 2.35. The number of nitrogen functional groups attached to an aromatic ring is 1. The Morgan fingerprint density at radius 1 is 1.05 bits per heavy atom. The highest BCUT2D eigenvalue weighted by Gasteiger charge is 2.33. The number of benzene rings is 1. The van der Waals surface area contributed by atoms with Gasteiger partial charge in [0.2, 0.25) is 11.8 Å². The van der Waals surface area contributed by atoms with Crippen LogP contribution in [-0.2, 0) is 0 Å². The van der Waals surface area contributed by atoms with Gasteiger partial charge in [-0.2, -0.15) is 10.2 Å². The Kier molecular flexibility index (Phi) is 7.06. The third-order valence-electron chi connectivity index (χ3n) is 7.36. The fraction of sp³-hybridized carbons (Fsp3) is 0.233. The molecule has 204 valence electrons. The highest BCUT2D eigenvalue weighted by atomic mass is 15.4. The lowest BCUT2D eigenvalue weighted by Gasteiger charge is -2.43. The quantitative estimate of drug-likeness (QED) is 0.299. The molecule has 0 amide bonds. The van der Waals surface area contributed by atoms with Crippen LogP contribution in [0.15, 0.2) is 79.8 Å². The number of nitriles is 1. The lowest BCUT2D eigenvalue weighted by atomic mass is 10.1. The minimum Gasteiger partial charge on any atom is -0.383 e. The molecular formula is C30H29N11. The van der Waals surface area contributed by atoms with E-state index in [0.717, 1.165) is 34.5 Å². The molecule has 0 saturated carbocycles. The minimum absolute atomic E-state index is 0.0690. The zero-order chi connectivity index (χ0) is 28.3. The van der Waals surface area contributed by atoms with Crippen LogP contribution < -0.4 is 10.6 Å². The van der Waals surface area contributed by atoms with Gasteiger partial charge in [0.1, 0.15) is 29.6 Å². The van der Waals surface area contributed by atoms with Gasteiger partial charge >= 0.3 is 0 Å². The van der Waals surface area contributed by atoms with Crippen molar-refractivity contribution in [3.05, 3.63) is 85.6 Å². The fourth-order valence-corrected chi connectivity index (χ4v) is 5.42. The van der Waals surface area contributed by atoms with Crippen molar-refractivity contribution in [3.63, 3.8) is 0 Å². The second-order valence-corrected chi connectivity index (χ2v) is 9.91. The van der Waals surface area contributed by atoms with Crippen molar-refractivity contribution >= 4 is 22.9 Å². The molecule has 0 radical (unpaired) electrons. The van der Waals surface area contributed by atoms with Crippen molar-refractivity contribution < 1.29 is 0 Å². The van der Waals surface area contributed by atoms with Crippen LogP contribution >= 0.6 is 0 Å². The Bertz CT molecular complexity index is 1740. The first-order valence-corrected chi connectivity index (χ1v) is 13.4. The zero-order valence-corrected chi connectivity index (χ0v) is 22.7. The molecule has 11 nitrogen and oxygen atoms in total. The van der Waals surface area contributed by atoms with Crippen LogP contribution in [-0.4, -0.2) is 65.0 Å².